The third kappa shape index (κ3) is 3.53. The summed E-state index contributed by atoms with van der Waals surface area (Å²) >= 11 is 0. The highest BCUT2D eigenvalue weighted by Crippen LogP contribution is 2.37. The average Bonchev–Trinajstić information content (AvgIpc) is 2.88. The predicted octanol–water partition coefficient (Wildman–Crippen LogP) is 2.82. The molecule has 0 spiro atoms. The monoisotopic (exact) mass is 305 g/mol. The number of urea groups is 1. The first kappa shape index (κ1) is 16.6. The van der Waals surface area contributed by atoms with Crippen LogP contribution < -0.4 is 15.5 Å². The normalized spacial score (nSPS) is 24.1. The van der Waals surface area contributed by atoms with Gasteiger partial charge in [-0.1, -0.05) is 25.5 Å². The van der Waals surface area contributed by atoms with Crippen LogP contribution in [0.25, 0.3) is 0 Å². The van der Waals surface area contributed by atoms with Gasteiger partial charge in [-0.2, -0.15) is 0 Å². The van der Waals surface area contributed by atoms with Crippen molar-refractivity contribution >= 4 is 17.4 Å². The van der Waals surface area contributed by atoms with Crippen LogP contribution in [0.15, 0.2) is 24.3 Å². The van der Waals surface area contributed by atoms with Gasteiger partial charge in [0.05, 0.1) is 18.0 Å². The van der Waals surface area contributed by atoms with Crippen LogP contribution in [0.3, 0.4) is 0 Å². The summed E-state index contributed by atoms with van der Waals surface area (Å²) in [6, 6.07) is 7.59. The molecule has 0 aliphatic heterocycles. The molecule has 1 fully saturated rings. The van der Waals surface area contributed by atoms with Crippen LogP contribution in [0.4, 0.5) is 16.2 Å². The van der Waals surface area contributed by atoms with E-state index >= 15 is 0 Å². The number of carbonyl (C=O) groups excluding carboxylic acids is 1. The fourth-order valence-electron chi connectivity index (χ4n) is 3.07. The van der Waals surface area contributed by atoms with Crippen LogP contribution in [0.1, 0.15) is 33.1 Å². The van der Waals surface area contributed by atoms with E-state index in [-0.39, 0.29) is 24.1 Å². The van der Waals surface area contributed by atoms with Crippen molar-refractivity contribution in [3.05, 3.63) is 24.3 Å². The lowest BCUT2D eigenvalue weighted by Gasteiger charge is -2.30. The van der Waals surface area contributed by atoms with Gasteiger partial charge in [-0.25, -0.2) is 4.79 Å². The largest absolute Gasteiger partial charge is 0.396 e. The Morgan fingerprint density at radius 3 is 2.86 bits per heavy atom. The predicted molar refractivity (Wildman–Crippen MR) is 90.4 cm³/mol. The van der Waals surface area contributed by atoms with E-state index in [0.717, 1.165) is 37.2 Å². The molecule has 3 N–H and O–H groups in total. The molecule has 0 bridgehead atoms. The highest BCUT2D eigenvalue weighted by atomic mass is 16.3. The molecule has 22 heavy (non-hydrogen) atoms. The molecule has 122 valence electrons. The maximum Gasteiger partial charge on any atom is 0.319 e. The smallest absolute Gasteiger partial charge is 0.319 e. The standard InChI is InChI=1S/C17H27N3O2/c1-4-20(3)14-9-6-5-8-13(14)18-16(22)19-15-10-7-11-17(15,2)12-21/h5-6,8-9,15,21H,4,7,10-12H2,1-3H3,(H2,18,19,22). The van der Waals surface area contributed by atoms with Gasteiger partial charge < -0.3 is 20.6 Å². The van der Waals surface area contributed by atoms with Crippen molar-refractivity contribution in [2.75, 3.05) is 30.4 Å². The van der Waals surface area contributed by atoms with E-state index in [1.54, 1.807) is 0 Å². The number of rotatable bonds is 5. The van der Waals surface area contributed by atoms with Crippen molar-refractivity contribution < 1.29 is 9.90 Å². The minimum atomic E-state index is -0.211. The first-order valence-electron chi connectivity index (χ1n) is 7.98. The zero-order valence-electron chi connectivity index (χ0n) is 13.7. The van der Waals surface area contributed by atoms with E-state index in [2.05, 4.69) is 22.5 Å². The molecule has 1 saturated carbocycles. The molecular weight excluding hydrogens is 278 g/mol. The number of benzene rings is 1. The number of aliphatic hydroxyl groups is 1. The molecule has 1 aromatic rings. The minimum absolute atomic E-state index is 0.0218. The molecule has 0 saturated heterocycles. The molecule has 1 aliphatic rings. The maximum atomic E-state index is 12.3. The Labute approximate surface area is 132 Å². The first-order chi connectivity index (χ1) is 10.5. The number of nitrogens with one attached hydrogen (secondary N) is 2. The minimum Gasteiger partial charge on any atom is -0.396 e. The lowest BCUT2D eigenvalue weighted by atomic mass is 9.86. The number of carbonyl (C=O) groups is 1. The van der Waals surface area contributed by atoms with Crippen molar-refractivity contribution in [1.82, 2.24) is 5.32 Å². The Morgan fingerprint density at radius 1 is 1.45 bits per heavy atom. The summed E-state index contributed by atoms with van der Waals surface area (Å²) in [5.74, 6) is 0. The molecule has 0 aromatic heterocycles. The van der Waals surface area contributed by atoms with Gasteiger partial charge >= 0.3 is 6.03 Å². The van der Waals surface area contributed by atoms with Gasteiger partial charge in [0, 0.05) is 25.0 Å². The lowest BCUT2D eigenvalue weighted by Crippen LogP contribution is -2.46. The quantitative estimate of drug-likeness (QED) is 0.784. The van der Waals surface area contributed by atoms with Crippen LogP contribution >= 0.6 is 0 Å². The Balaban J connectivity index is 2.04. The van der Waals surface area contributed by atoms with E-state index in [9.17, 15) is 9.90 Å². The van der Waals surface area contributed by atoms with Crippen LogP contribution in [-0.4, -0.2) is 37.4 Å². The van der Waals surface area contributed by atoms with Crippen LogP contribution in [0.5, 0.6) is 0 Å². The molecule has 0 heterocycles. The second-order valence-electron chi connectivity index (χ2n) is 6.39. The highest BCUT2D eigenvalue weighted by molar-refractivity contribution is 5.93. The number of hydrogen-bond donors (Lipinski definition) is 3. The fraction of sp³-hybridized carbons (Fsp3) is 0.588. The average molecular weight is 305 g/mol. The van der Waals surface area contributed by atoms with Crippen molar-refractivity contribution in [3.8, 4) is 0 Å². The number of nitrogens with zero attached hydrogens (tertiary/aromatic N) is 1. The zero-order chi connectivity index (χ0) is 16.2. The number of anilines is 2. The van der Waals surface area contributed by atoms with Crippen LogP contribution in [0, 0.1) is 5.41 Å². The van der Waals surface area contributed by atoms with Gasteiger partial charge in [-0.3, -0.25) is 0 Å². The Kier molecular flexibility index (Phi) is 5.29. The molecule has 2 amide bonds. The van der Waals surface area contributed by atoms with Gasteiger partial charge in [0.15, 0.2) is 0 Å². The van der Waals surface area contributed by atoms with Gasteiger partial charge in [-0.05, 0) is 31.9 Å². The fourth-order valence-corrected chi connectivity index (χ4v) is 3.07. The lowest BCUT2D eigenvalue weighted by molar-refractivity contribution is 0.122. The summed E-state index contributed by atoms with van der Waals surface area (Å²) in [5.41, 5.74) is 1.58. The van der Waals surface area contributed by atoms with E-state index in [4.69, 9.17) is 0 Å². The van der Waals surface area contributed by atoms with Crippen molar-refractivity contribution in [2.45, 2.75) is 39.2 Å². The maximum absolute atomic E-state index is 12.3. The number of aliphatic hydroxyl groups excluding tert-OH is 1. The molecule has 2 unspecified atom stereocenters. The molecule has 5 heteroatoms. The van der Waals surface area contributed by atoms with Crippen molar-refractivity contribution in [2.24, 2.45) is 5.41 Å². The molecular formula is C17H27N3O2. The Bertz CT molecular complexity index is 520. The summed E-state index contributed by atoms with van der Waals surface area (Å²) < 4.78 is 0. The van der Waals surface area contributed by atoms with Crippen molar-refractivity contribution in [1.29, 1.82) is 0 Å². The summed E-state index contributed by atoms with van der Waals surface area (Å²) in [5, 5.41) is 15.5. The summed E-state index contributed by atoms with van der Waals surface area (Å²) in [6.45, 7) is 5.07. The Hall–Kier alpha value is -1.75. The molecule has 0 radical (unpaired) electrons. The topological polar surface area (TPSA) is 64.6 Å². The summed E-state index contributed by atoms with van der Waals surface area (Å²) in [4.78, 5) is 14.4. The van der Waals surface area contributed by atoms with Crippen LogP contribution in [0.2, 0.25) is 0 Å². The second kappa shape index (κ2) is 7.01. The van der Waals surface area contributed by atoms with Gasteiger partial charge in [0.1, 0.15) is 0 Å². The van der Waals surface area contributed by atoms with E-state index < -0.39 is 0 Å². The molecule has 2 rings (SSSR count). The number of hydrogen-bond acceptors (Lipinski definition) is 3. The third-order valence-corrected chi connectivity index (χ3v) is 4.79. The van der Waals surface area contributed by atoms with E-state index in [0.29, 0.717) is 0 Å². The first-order valence-corrected chi connectivity index (χ1v) is 7.98. The highest BCUT2D eigenvalue weighted by Gasteiger charge is 2.39. The van der Waals surface area contributed by atoms with Crippen molar-refractivity contribution in [3.63, 3.8) is 0 Å². The Morgan fingerprint density at radius 2 is 2.18 bits per heavy atom. The molecule has 2 atom stereocenters. The molecule has 1 aliphatic carbocycles. The SMILES string of the molecule is CCN(C)c1ccccc1NC(=O)NC1CCCC1(C)CO. The van der Waals surface area contributed by atoms with E-state index in [1.165, 1.54) is 0 Å². The van der Waals surface area contributed by atoms with E-state index in [1.807, 2.05) is 38.2 Å². The zero-order valence-corrected chi connectivity index (χ0v) is 13.7. The van der Waals surface area contributed by atoms with Gasteiger partial charge in [0.2, 0.25) is 0 Å². The third-order valence-electron chi connectivity index (χ3n) is 4.79. The summed E-state index contributed by atoms with van der Waals surface area (Å²) in [7, 11) is 2.00. The number of amides is 2. The van der Waals surface area contributed by atoms with Gasteiger partial charge in [0.25, 0.3) is 0 Å². The number of para-hydroxylation sites is 2. The van der Waals surface area contributed by atoms with Crippen LogP contribution in [-0.2, 0) is 0 Å². The molecule has 1 aromatic carbocycles. The van der Waals surface area contributed by atoms with Gasteiger partial charge in [-0.15, -0.1) is 0 Å². The summed E-state index contributed by atoms with van der Waals surface area (Å²) in [6.07, 6.45) is 2.90. The molecule has 5 nitrogen and oxygen atoms in total. The second-order valence-corrected chi connectivity index (χ2v) is 6.39.